The number of benzene rings is 2. The highest BCUT2D eigenvalue weighted by molar-refractivity contribution is 9.10. The number of para-hydroxylation sites is 1. The van der Waals surface area contributed by atoms with Crippen LogP contribution in [0.25, 0.3) is 11.5 Å². The smallest absolute Gasteiger partial charge is 0.247 e. The molecule has 0 aliphatic rings. The Morgan fingerprint density at radius 1 is 1.05 bits per heavy atom. The van der Waals surface area contributed by atoms with Crippen molar-refractivity contribution in [2.24, 2.45) is 0 Å². The highest BCUT2D eigenvalue weighted by Gasteiger charge is 2.09. The number of halogens is 1. The van der Waals surface area contributed by atoms with E-state index in [1.54, 1.807) is 11.8 Å². The summed E-state index contributed by atoms with van der Waals surface area (Å²) in [6.07, 6.45) is 0. The van der Waals surface area contributed by atoms with Crippen LogP contribution in [0.4, 0.5) is 5.69 Å². The van der Waals surface area contributed by atoms with Crippen molar-refractivity contribution in [3.8, 4) is 11.5 Å². The number of nitrogen functional groups attached to an aromatic ring is 1. The van der Waals surface area contributed by atoms with E-state index in [1.165, 1.54) is 0 Å². The van der Waals surface area contributed by atoms with Gasteiger partial charge < -0.3 is 10.2 Å². The van der Waals surface area contributed by atoms with Gasteiger partial charge in [0.2, 0.25) is 11.8 Å². The van der Waals surface area contributed by atoms with Crippen LogP contribution >= 0.6 is 27.7 Å². The van der Waals surface area contributed by atoms with Crippen LogP contribution in [-0.4, -0.2) is 10.2 Å². The summed E-state index contributed by atoms with van der Waals surface area (Å²) in [7, 11) is 0. The molecule has 1 heterocycles. The van der Waals surface area contributed by atoms with Crippen molar-refractivity contribution in [2.45, 2.75) is 10.6 Å². The molecule has 6 heteroatoms. The van der Waals surface area contributed by atoms with Gasteiger partial charge in [0.05, 0.1) is 5.75 Å². The fraction of sp³-hybridized carbons (Fsp3) is 0.0667. The maximum absolute atomic E-state index is 5.90. The number of hydrogen-bond donors (Lipinski definition) is 1. The summed E-state index contributed by atoms with van der Waals surface area (Å²) in [5.74, 6) is 1.71. The van der Waals surface area contributed by atoms with Gasteiger partial charge in [0.1, 0.15) is 0 Å². The van der Waals surface area contributed by atoms with Crippen LogP contribution in [0.2, 0.25) is 0 Å². The van der Waals surface area contributed by atoms with Crippen LogP contribution < -0.4 is 5.73 Å². The third-order valence-corrected chi connectivity index (χ3v) is 4.43. The summed E-state index contributed by atoms with van der Waals surface area (Å²) < 4.78 is 6.69. The number of anilines is 1. The predicted molar refractivity (Wildman–Crippen MR) is 87.8 cm³/mol. The zero-order valence-corrected chi connectivity index (χ0v) is 13.4. The molecule has 0 saturated heterocycles. The van der Waals surface area contributed by atoms with Gasteiger partial charge in [-0.25, -0.2) is 0 Å². The molecule has 0 aliphatic heterocycles. The molecule has 0 fully saturated rings. The van der Waals surface area contributed by atoms with E-state index >= 15 is 0 Å². The summed E-state index contributed by atoms with van der Waals surface area (Å²) in [5, 5.41) is 8.14. The van der Waals surface area contributed by atoms with Crippen LogP contribution in [0.15, 0.2) is 62.3 Å². The Hall–Kier alpha value is -1.79. The lowest BCUT2D eigenvalue weighted by Crippen LogP contribution is -1.88. The third-order valence-electron chi connectivity index (χ3n) is 2.83. The zero-order chi connectivity index (χ0) is 14.7. The van der Waals surface area contributed by atoms with Crippen molar-refractivity contribution < 1.29 is 4.42 Å². The number of nitrogens with zero attached hydrogens (tertiary/aromatic N) is 2. The molecule has 0 bridgehead atoms. The van der Waals surface area contributed by atoms with E-state index in [4.69, 9.17) is 10.2 Å². The second-order valence-electron chi connectivity index (χ2n) is 4.33. The third kappa shape index (κ3) is 3.46. The monoisotopic (exact) mass is 361 g/mol. The Kier molecular flexibility index (Phi) is 4.26. The minimum absolute atomic E-state index is 0.527. The van der Waals surface area contributed by atoms with Gasteiger partial charge in [-0.3, -0.25) is 0 Å². The van der Waals surface area contributed by atoms with Crippen LogP contribution in [0.3, 0.4) is 0 Å². The summed E-state index contributed by atoms with van der Waals surface area (Å²) in [6.45, 7) is 0. The molecule has 0 atom stereocenters. The number of thioether (sulfide) groups is 1. The van der Waals surface area contributed by atoms with Gasteiger partial charge in [-0.05, 0) is 36.4 Å². The standard InChI is InChI=1S/C15H12BrN3OS/c16-11-7-5-10(6-8-11)15-19-18-14(20-15)9-21-13-4-2-1-3-12(13)17/h1-8H,9,17H2. The first-order valence-electron chi connectivity index (χ1n) is 6.28. The van der Waals surface area contributed by atoms with E-state index in [-0.39, 0.29) is 0 Å². The lowest BCUT2D eigenvalue weighted by molar-refractivity contribution is 0.528. The van der Waals surface area contributed by atoms with Crippen molar-refractivity contribution in [3.05, 3.63) is 58.9 Å². The second kappa shape index (κ2) is 6.32. The molecule has 2 N–H and O–H groups in total. The Balaban J connectivity index is 1.71. The molecule has 2 aromatic carbocycles. The quantitative estimate of drug-likeness (QED) is 0.551. The normalized spacial score (nSPS) is 10.7. The summed E-state index contributed by atoms with van der Waals surface area (Å²) >= 11 is 4.98. The lowest BCUT2D eigenvalue weighted by Gasteiger charge is -2.02. The van der Waals surface area contributed by atoms with Crippen molar-refractivity contribution in [2.75, 3.05) is 5.73 Å². The molecule has 0 spiro atoms. The van der Waals surface area contributed by atoms with Crippen LogP contribution in [0, 0.1) is 0 Å². The first-order valence-corrected chi connectivity index (χ1v) is 8.06. The zero-order valence-electron chi connectivity index (χ0n) is 11.0. The summed E-state index contributed by atoms with van der Waals surface area (Å²) in [6, 6.07) is 15.5. The second-order valence-corrected chi connectivity index (χ2v) is 6.27. The molecule has 0 radical (unpaired) electrons. The molecule has 1 aromatic heterocycles. The molecular weight excluding hydrogens is 350 g/mol. The Bertz CT molecular complexity index is 743. The number of hydrogen-bond acceptors (Lipinski definition) is 5. The first-order chi connectivity index (χ1) is 10.2. The van der Waals surface area contributed by atoms with Gasteiger partial charge in [-0.1, -0.05) is 28.1 Å². The minimum atomic E-state index is 0.527. The fourth-order valence-electron chi connectivity index (χ4n) is 1.77. The van der Waals surface area contributed by atoms with Gasteiger partial charge in [-0.2, -0.15) is 0 Å². The Morgan fingerprint density at radius 3 is 2.57 bits per heavy atom. The van der Waals surface area contributed by atoms with E-state index in [1.807, 2.05) is 48.5 Å². The van der Waals surface area contributed by atoms with Crippen molar-refractivity contribution >= 4 is 33.4 Å². The lowest BCUT2D eigenvalue weighted by atomic mass is 10.2. The first kappa shape index (κ1) is 14.2. The molecule has 0 amide bonds. The van der Waals surface area contributed by atoms with E-state index in [2.05, 4.69) is 26.1 Å². The van der Waals surface area contributed by atoms with Crippen molar-refractivity contribution in [1.82, 2.24) is 10.2 Å². The van der Waals surface area contributed by atoms with Gasteiger partial charge in [0.25, 0.3) is 0 Å². The van der Waals surface area contributed by atoms with Crippen molar-refractivity contribution in [3.63, 3.8) is 0 Å². The Labute approximate surface area is 134 Å². The van der Waals surface area contributed by atoms with Crippen LogP contribution in [-0.2, 0) is 5.75 Å². The molecule has 21 heavy (non-hydrogen) atoms. The average molecular weight is 362 g/mol. The van der Waals surface area contributed by atoms with Crippen LogP contribution in [0.1, 0.15) is 5.89 Å². The molecule has 0 aliphatic carbocycles. The van der Waals surface area contributed by atoms with Gasteiger partial charge in [0, 0.05) is 20.6 Å². The predicted octanol–water partition coefficient (Wildman–Crippen LogP) is 4.37. The fourth-order valence-corrected chi connectivity index (χ4v) is 2.84. The van der Waals surface area contributed by atoms with E-state index < -0.39 is 0 Å². The number of nitrogens with two attached hydrogens (primary N) is 1. The molecule has 0 saturated carbocycles. The SMILES string of the molecule is Nc1ccccc1SCc1nnc(-c2ccc(Br)cc2)o1. The molecule has 4 nitrogen and oxygen atoms in total. The summed E-state index contributed by atoms with van der Waals surface area (Å²) in [5.41, 5.74) is 7.57. The maximum Gasteiger partial charge on any atom is 0.247 e. The van der Waals surface area contributed by atoms with Gasteiger partial charge in [-0.15, -0.1) is 22.0 Å². The maximum atomic E-state index is 5.90. The Morgan fingerprint density at radius 2 is 1.81 bits per heavy atom. The van der Waals surface area contributed by atoms with E-state index in [9.17, 15) is 0 Å². The highest BCUT2D eigenvalue weighted by atomic mass is 79.9. The molecule has 3 aromatic rings. The van der Waals surface area contributed by atoms with E-state index in [0.717, 1.165) is 20.6 Å². The molecular formula is C15H12BrN3OS. The molecule has 106 valence electrons. The highest BCUT2D eigenvalue weighted by Crippen LogP contribution is 2.28. The van der Waals surface area contributed by atoms with Gasteiger partial charge in [0.15, 0.2) is 0 Å². The number of aromatic nitrogens is 2. The van der Waals surface area contributed by atoms with Crippen molar-refractivity contribution in [1.29, 1.82) is 0 Å². The largest absolute Gasteiger partial charge is 0.420 e. The average Bonchev–Trinajstić information content (AvgIpc) is 2.96. The topological polar surface area (TPSA) is 64.9 Å². The summed E-state index contributed by atoms with van der Waals surface area (Å²) in [4.78, 5) is 1.01. The molecule has 0 unspecified atom stereocenters. The minimum Gasteiger partial charge on any atom is -0.420 e. The number of rotatable bonds is 4. The van der Waals surface area contributed by atoms with Gasteiger partial charge >= 0.3 is 0 Å². The van der Waals surface area contributed by atoms with E-state index in [0.29, 0.717) is 17.5 Å². The van der Waals surface area contributed by atoms with Crippen LogP contribution in [0.5, 0.6) is 0 Å². The molecule has 3 rings (SSSR count).